The van der Waals surface area contributed by atoms with E-state index in [0.717, 1.165) is 60.1 Å². The van der Waals surface area contributed by atoms with Gasteiger partial charge in [0.15, 0.2) is 24.8 Å². The summed E-state index contributed by atoms with van der Waals surface area (Å²) in [7, 11) is 4.12. The van der Waals surface area contributed by atoms with Crippen LogP contribution in [0.4, 0.5) is 0 Å². The van der Waals surface area contributed by atoms with Gasteiger partial charge in [-0.15, -0.1) is 26.3 Å². The number of hydrogen-bond acceptors (Lipinski definition) is 26. The Kier molecular flexibility index (Phi) is 59.5. The molecule has 0 bridgehead atoms. The molecule has 8 atom stereocenters. The fraction of sp³-hybridized carbons (Fsp3) is 0.512. The van der Waals surface area contributed by atoms with E-state index in [2.05, 4.69) is 104 Å². The summed E-state index contributed by atoms with van der Waals surface area (Å²) in [6, 6.07) is 15.7. The van der Waals surface area contributed by atoms with Crippen molar-refractivity contribution < 1.29 is 141 Å². The topological polar surface area (TPSA) is 341 Å². The van der Waals surface area contributed by atoms with Crippen LogP contribution in [0.15, 0.2) is 174 Å². The van der Waals surface area contributed by atoms with Gasteiger partial charge < -0.3 is 118 Å². The molecule has 0 aromatic heterocycles. The summed E-state index contributed by atoms with van der Waals surface area (Å²) in [5, 5.41) is 23.1. The SMILES string of the molecule is C=C(C)C(=O)OC(C)OCCOCCOCCOC(C)OC(=O)C(=C)C.C=CC(=O)OCCOc1ccc(C(C)(C)c2ccc(OCCOC(=O)C=C)cc2)cc1.C=CCNC(=O)C(O)C(O)C(=O)NCC=C.C=CCOCC1COC(CCCC2OCC(COCC=C)O2)O1.C=CC[N+](C)(C)CCOC(=O)C=C.[Cl-]. The second kappa shape index (κ2) is 63.2. The van der Waals surface area contributed by atoms with E-state index in [4.69, 9.17) is 80.5 Å². The molecule has 110 heavy (non-hydrogen) atoms. The number of nitrogens with zero attached hydrogens (tertiary/aromatic N) is 1. The Labute approximate surface area is 655 Å². The van der Waals surface area contributed by atoms with E-state index in [0.29, 0.717) is 109 Å². The van der Waals surface area contributed by atoms with Crippen LogP contribution in [0.1, 0.15) is 71.9 Å². The Morgan fingerprint density at radius 1 is 0.527 bits per heavy atom. The number of hydrogen-bond donors (Lipinski definition) is 4. The molecule has 4 N–H and O–H groups in total. The Balaban J connectivity index is 0. The van der Waals surface area contributed by atoms with Crippen LogP contribution in [-0.2, 0) is 110 Å². The fourth-order valence-corrected chi connectivity index (χ4v) is 8.51. The van der Waals surface area contributed by atoms with Gasteiger partial charge in [-0.1, -0.05) is 102 Å². The zero-order chi connectivity index (χ0) is 81.8. The predicted octanol–water partition coefficient (Wildman–Crippen LogP) is 4.55. The molecule has 0 aliphatic carbocycles. The van der Waals surface area contributed by atoms with Crippen LogP contribution in [0.3, 0.4) is 0 Å². The quantitative estimate of drug-likeness (QED) is 0.0134. The van der Waals surface area contributed by atoms with Crippen molar-refractivity contribution >= 4 is 41.7 Å². The van der Waals surface area contributed by atoms with Gasteiger partial charge in [-0.3, -0.25) is 9.59 Å². The molecule has 618 valence electrons. The van der Waals surface area contributed by atoms with Crippen LogP contribution in [0.25, 0.3) is 0 Å². The second-order valence-corrected chi connectivity index (χ2v) is 24.7. The average Bonchev–Trinajstić information content (AvgIpc) is 0.950. The molecule has 0 spiro atoms. The lowest BCUT2D eigenvalue weighted by Gasteiger charge is -2.27. The Bertz CT molecular complexity index is 2880. The molecular formula is C80H120ClN3O26. The maximum atomic E-state index is 11.2. The number of amides is 2. The van der Waals surface area contributed by atoms with E-state index >= 15 is 0 Å². The van der Waals surface area contributed by atoms with Gasteiger partial charge in [-0.05, 0) is 88.4 Å². The maximum absolute atomic E-state index is 11.2. The Morgan fingerprint density at radius 2 is 0.891 bits per heavy atom. The third-order valence-corrected chi connectivity index (χ3v) is 14.4. The van der Waals surface area contributed by atoms with E-state index in [1.165, 1.54) is 18.2 Å². The highest BCUT2D eigenvalue weighted by molar-refractivity contribution is 5.91. The van der Waals surface area contributed by atoms with Crippen LogP contribution in [-0.4, -0.2) is 259 Å². The van der Waals surface area contributed by atoms with Crippen molar-refractivity contribution in [3.05, 3.63) is 185 Å². The molecule has 2 amide bonds. The number of benzene rings is 2. The van der Waals surface area contributed by atoms with Gasteiger partial charge >= 0.3 is 29.8 Å². The van der Waals surface area contributed by atoms with Crippen molar-refractivity contribution in [3.63, 3.8) is 0 Å². The number of ether oxygens (including phenoxy) is 17. The number of carbonyl (C=O) groups excluding carboxylic acids is 7. The second-order valence-electron chi connectivity index (χ2n) is 24.7. The number of quaternary nitrogens is 1. The van der Waals surface area contributed by atoms with Crippen molar-refractivity contribution in [2.24, 2.45) is 0 Å². The first-order valence-corrected chi connectivity index (χ1v) is 35.4. The summed E-state index contributed by atoms with van der Waals surface area (Å²) in [5.74, 6) is -2.52. The molecule has 8 unspecified atom stereocenters. The zero-order valence-electron chi connectivity index (χ0n) is 65.4. The monoisotopic (exact) mass is 1570 g/mol. The van der Waals surface area contributed by atoms with Crippen LogP contribution >= 0.6 is 0 Å². The summed E-state index contributed by atoms with van der Waals surface area (Å²) < 4.78 is 91.2. The first kappa shape index (κ1) is 104. The number of carbonyl (C=O) groups is 7. The highest BCUT2D eigenvalue weighted by Gasteiger charge is 2.31. The van der Waals surface area contributed by atoms with Gasteiger partial charge in [0, 0.05) is 47.9 Å². The first-order valence-electron chi connectivity index (χ1n) is 35.4. The average molecular weight is 1580 g/mol. The summed E-state index contributed by atoms with van der Waals surface area (Å²) >= 11 is 0. The molecule has 2 aromatic carbocycles. The van der Waals surface area contributed by atoms with E-state index < -0.39 is 60.5 Å². The van der Waals surface area contributed by atoms with Gasteiger partial charge in [0.1, 0.15) is 63.3 Å². The highest BCUT2D eigenvalue weighted by atomic mass is 35.5. The molecule has 0 saturated carbocycles. The van der Waals surface area contributed by atoms with Gasteiger partial charge in [-0.2, -0.15) is 0 Å². The number of likely N-dealkylation sites (N-methyl/N-ethyl adjacent to an activating group) is 1. The lowest BCUT2D eigenvalue weighted by atomic mass is 9.78. The molecular weight excluding hydrogens is 1450 g/mol. The van der Waals surface area contributed by atoms with E-state index in [1.54, 1.807) is 39.8 Å². The molecule has 29 nitrogen and oxygen atoms in total. The van der Waals surface area contributed by atoms with Crippen LogP contribution in [0, 0.1) is 0 Å². The van der Waals surface area contributed by atoms with E-state index in [9.17, 15) is 43.8 Å². The largest absolute Gasteiger partial charge is 1.00 e. The third-order valence-electron chi connectivity index (χ3n) is 14.4. The summed E-state index contributed by atoms with van der Waals surface area (Å²) in [6.07, 6.45) is 8.96. The van der Waals surface area contributed by atoms with Crippen molar-refractivity contribution in [1.82, 2.24) is 10.6 Å². The number of aliphatic hydroxyl groups excluding tert-OH is 2. The highest BCUT2D eigenvalue weighted by Crippen LogP contribution is 2.33. The van der Waals surface area contributed by atoms with Gasteiger partial charge in [0.2, 0.25) is 12.6 Å². The molecule has 2 saturated heterocycles. The van der Waals surface area contributed by atoms with E-state index in [1.807, 2.05) is 54.6 Å². The number of aliphatic hydroxyl groups is 2. The molecule has 2 aliphatic heterocycles. The molecule has 2 aromatic rings. The minimum atomic E-state index is -1.80. The molecule has 2 fully saturated rings. The summed E-state index contributed by atoms with van der Waals surface area (Å²) in [5.41, 5.74) is 2.67. The zero-order valence-corrected chi connectivity index (χ0v) is 66.2. The molecule has 4 rings (SSSR count). The minimum absolute atomic E-state index is 0. The lowest BCUT2D eigenvalue weighted by molar-refractivity contribution is -0.884. The van der Waals surface area contributed by atoms with E-state index in [-0.39, 0.29) is 88.1 Å². The van der Waals surface area contributed by atoms with Crippen LogP contribution in [0.5, 0.6) is 11.5 Å². The number of nitrogens with one attached hydrogen (secondary N) is 2. The van der Waals surface area contributed by atoms with Gasteiger partial charge in [-0.25, -0.2) is 24.0 Å². The molecule has 0 radical (unpaired) electrons. The number of esters is 5. The molecule has 30 heteroatoms. The fourth-order valence-electron chi connectivity index (χ4n) is 8.51. The van der Waals surface area contributed by atoms with Gasteiger partial charge in [0.05, 0.1) is 99.9 Å². The smallest absolute Gasteiger partial charge is 0.335 e. The predicted molar refractivity (Wildman–Crippen MR) is 409 cm³/mol. The lowest BCUT2D eigenvalue weighted by Crippen LogP contribution is -3.00. The normalized spacial score (nSPS) is 15.7. The third kappa shape index (κ3) is 51.1. The summed E-state index contributed by atoms with van der Waals surface area (Å²) in [6.45, 7) is 53.9. The molecule has 2 heterocycles. The van der Waals surface area contributed by atoms with Gasteiger partial charge in [0.25, 0.3) is 11.8 Å². The standard InChI is InChI=1S/C25H28O6.C18H30O8.C17H28O6.C10H16N2O4.C10H18NO2.ClH/c1-5-23(26)30-17-15-28-21-11-7-19(8-12-21)25(3,4)20-9-13-22(14-10-20)29-16-18-31-24(27)6-2;1-13(2)17(19)25-15(5)23-11-9-21-7-8-22-10-12-24-16(6)26-18(20)14(3)4;1-3-8-18-10-14-12-20-16(22-14)6-5-7-17-21-13-15(23-17)11-19-9-4-2;1-3-5-11-9(15)7(13)8(14)10(16)12-6-4-2;1-5-7-11(3,4)8-9-13-10(12)6-2;/h5-14H,1-2,15-18H2,3-4H3;15-16H,1,3,7-12H2,2,4-6H3;3-4,14-17H,1-2,5-13H2;3-4,7-8,13-14H,1-2,5-6H2,(H,11,15)(H,12,16);5-6H,1-2,7-9H2,3-4H3;1H/q;;;;+1;/p-1. The first-order chi connectivity index (χ1) is 52.0. The van der Waals surface area contributed by atoms with Crippen LogP contribution < -0.4 is 32.5 Å². The van der Waals surface area contributed by atoms with Crippen molar-refractivity contribution in [1.29, 1.82) is 0 Å². The number of halogens is 1. The molecule has 2 aliphatic rings. The van der Waals surface area contributed by atoms with Crippen molar-refractivity contribution in [2.45, 2.75) is 116 Å². The number of rotatable bonds is 52. The van der Waals surface area contributed by atoms with Crippen molar-refractivity contribution in [2.75, 3.05) is 153 Å². The minimum Gasteiger partial charge on any atom is -1.00 e. The summed E-state index contributed by atoms with van der Waals surface area (Å²) in [4.78, 5) is 77.5. The Hall–Kier alpha value is -8.50. The maximum Gasteiger partial charge on any atom is 0.335 e. The Morgan fingerprint density at radius 3 is 1.23 bits per heavy atom. The van der Waals surface area contributed by atoms with Crippen molar-refractivity contribution in [3.8, 4) is 11.5 Å². The van der Waals surface area contributed by atoms with Crippen LogP contribution in [0.2, 0.25) is 0 Å².